The number of esters is 1. The SMILES string of the molecule is C=CC(CO[Si](C)(C)C(C)(C)C)[C@H](NC(=O)OC(C)(C)C)C(=O)OC. The second-order valence-electron chi connectivity index (χ2n) is 8.62. The van der Waals surface area contributed by atoms with Crippen molar-refractivity contribution in [2.75, 3.05) is 13.7 Å². The highest BCUT2D eigenvalue weighted by molar-refractivity contribution is 6.74. The Morgan fingerprint density at radius 1 is 1.16 bits per heavy atom. The molecule has 0 heterocycles. The number of carbonyl (C=O) groups is 2. The first kappa shape index (κ1) is 23.7. The normalized spacial score (nSPS) is 15.1. The van der Waals surface area contributed by atoms with Gasteiger partial charge in [0.25, 0.3) is 0 Å². The summed E-state index contributed by atoms with van der Waals surface area (Å²) in [6.07, 6.45) is 0.925. The molecule has 0 saturated carbocycles. The Morgan fingerprint density at radius 2 is 1.68 bits per heavy atom. The molecule has 1 unspecified atom stereocenters. The van der Waals surface area contributed by atoms with E-state index in [0.717, 1.165) is 0 Å². The van der Waals surface area contributed by atoms with Crippen molar-refractivity contribution in [1.29, 1.82) is 0 Å². The van der Waals surface area contributed by atoms with Crippen LogP contribution in [0.15, 0.2) is 12.7 Å². The molecule has 0 aliphatic rings. The van der Waals surface area contributed by atoms with Crippen LogP contribution in [-0.4, -0.2) is 45.7 Å². The zero-order valence-electron chi connectivity index (χ0n) is 17.2. The lowest BCUT2D eigenvalue weighted by Crippen LogP contribution is -2.50. The van der Waals surface area contributed by atoms with Gasteiger partial charge in [-0.1, -0.05) is 26.8 Å². The number of hydrogen-bond acceptors (Lipinski definition) is 5. The average Bonchev–Trinajstić information content (AvgIpc) is 2.42. The van der Waals surface area contributed by atoms with Gasteiger partial charge in [0.05, 0.1) is 7.11 Å². The molecule has 0 bridgehead atoms. The summed E-state index contributed by atoms with van der Waals surface area (Å²) in [5.74, 6) is -0.983. The first-order valence-corrected chi connectivity index (χ1v) is 11.4. The molecule has 146 valence electrons. The third-order valence-corrected chi connectivity index (χ3v) is 8.80. The van der Waals surface area contributed by atoms with Crippen molar-refractivity contribution in [2.45, 2.75) is 71.3 Å². The van der Waals surface area contributed by atoms with Crippen LogP contribution in [0, 0.1) is 5.92 Å². The minimum atomic E-state index is -2.00. The van der Waals surface area contributed by atoms with Crippen LogP contribution < -0.4 is 5.32 Å². The van der Waals surface area contributed by atoms with Crippen LogP contribution in [0.5, 0.6) is 0 Å². The smallest absolute Gasteiger partial charge is 0.408 e. The molecule has 0 radical (unpaired) electrons. The zero-order valence-corrected chi connectivity index (χ0v) is 18.2. The molecule has 0 fully saturated rings. The summed E-state index contributed by atoms with van der Waals surface area (Å²) >= 11 is 0. The van der Waals surface area contributed by atoms with E-state index in [4.69, 9.17) is 13.9 Å². The molecule has 25 heavy (non-hydrogen) atoms. The van der Waals surface area contributed by atoms with Crippen molar-refractivity contribution in [3.05, 3.63) is 12.7 Å². The van der Waals surface area contributed by atoms with Gasteiger partial charge < -0.3 is 19.2 Å². The van der Waals surface area contributed by atoms with Crippen molar-refractivity contribution < 1.29 is 23.5 Å². The number of alkyl carbamates (subject to hydrolysis) is 1. The molecule has 0 rings (SSSR count). The molecule has 0 spiro atoms. The Kier molecular flexibility index (Phi) is 8.37. The average molecular weight is 374 g/mol. The number of rotatable bonds is 7. The first-order chi connectivity index (χ1) is 11.1. The highest BCUT2D eigenvalue weighted by atomic mass is 28.4. The minimum Gasteiger partial charge on any atom is -0.467 e. The molecule has 0 aromatic rings. The molecule has 1 amide bonds. The Hall–Kier alpha value is -1.34. The van der Waals surface area contributed by atoms with Gasteiger partial charge in [-0.3, -0.25) is 0 Å². The van der Waals surface area contributed by atoms with Crippen molar-refractivity contribution in [3.8, 4) is 0 Å². The molecule has 0 aromatic carbocycles. The molecule has 0 aromatic heterocycles. The van der Waals surface area contributed by atoms with Gasteiger partial charge in [0.15, 0.2) is 8.32 Å². The van der Waals surface area contributed by atoms with Crippen LogP contribution >= 0.6 is 0 Å². The van der Waals surface area contributed by atoms with Gasteiger partial charge >= 0.3 is 12.1 Å². The molecule has 2 atom stereocenters. The predicted molar refractivity (Wildman–Crippen MR) is 102 cm³/mol. The van der Waals surface area contributed by atoms with Gasteiger partial charge in [-0.25, -0.2) is 9.59 Å². The molecule has 1 N–H and O–H groups in total. The van der Waals surface area contributed by atoms with Gasteiger partial charge in [-0.15, -0.1) is 6.58 Å². The summed E-state index contributed by atoms with van der Waals surface area (Å²) in [7, 11) is -0.718. The van der Waals surface area contributed by atoms with Crippen LogP contribution in [0.4, 0.5) is 4.79 Å². The maximum absolute atomic E-state index is 12.2. The number of amides is 1. The van der Waals surface area contributed by atoms with Crippen LogP contribution in [0.3, 0.4) is 0 Å². The molecular weight excluding hydrogens is 338 g/mol. The highest BCUT2D eigenvalue weighted by Gasteiger charge is 2.39. The first-order valence-electron chi connectivity index (χ1n) is 8.48. The number of nitrogens with one attached hydrogen (secondary N) is 1. The van der Waals surface area contributed by atoms with Crippen molar-refractivity contribution >= 4 is 20.4 Å². The summed E-state index contributed by atoms with van der Waals surface area (Å²) < 4.78 is 16.2. The van der Waals surface area contributed by atoms with E-state index in [1.807, 2.05) is 0 Å². The lowest BCUT2D eigenvalue weighted by molar-refractivity contribution is -0.144. The summed E-state index contributed by atoms with van der Waals surface area (Å²) in [5, 5.41) is 2.62. The standard InChI is InChI=1S/C18H35NO5Si/c1-11-13(12-23-25(9,10)18(5,6)7)14(15(20)22-8)19-16(21)24-17(2,3)4/h11,13-14H,1,12H2,2-10H3,(H,19,21)/t13?,14-/m0/s1. The van der Waals surface area contributed by atoms with E-state index in [0.29, 0.717) is 0 Å². The van der Waals surface area contributed by atoms with Crippen LogP contribution in [0.25, 0.3) is 0 Å². The number of carbonyl (C=O) groups excluding carboxylic acids is 2. The van der Waals surface area contributed by atoms with E-state index < -0.39 is 37.9 Å². The second kappa shape index (κ2) is 8.85. The van der Waals surface area contributed by atoms with Crippen molar-refractivity contribution in [1.82, 2.24) is 5.32 Å². The van der Waals surface area contributed by atoms with Gasteiger partial charge in [0.1, 0.15) is 11.6 Å². The van der Waals surface area contributed by atoms with E-state index >= 15 is 0 Å². The van der Waals surface area contributed by atoms with Crippen LogP contribution in [-0.2, 0) is 18.7 Å². The molecular formula is C18H35NO5Si. The monoisotopic (exact) mass is 373 g/mol. The van der Waals surface area contributed by atoms with E-state index in [2.05, 4.69) is 45.8 Å². The maximum atomic E-state index is 12.2. The lowest BCUT2D eigenvalue weighted by atomic mass is 10.0. The zero-order chi connectivity index (χ0) is 20.1. The summed E-state index contributed by atoms with van der Waals surface area (Å²) in [6, 6.07) is -0.915. The fourth-order valence-corrected chi connectivity index (χ4v) is 2.77. The number of methoxy groups -OCH3 is 1. The van der Waals surface area contributed by atoms with Crippen molar-refractivity contribution in [3.63, 3.8) is 0 Å². The largest absolute Gasteiger partial charge is 0.467 e. The van der Waals surface area contributed by atoms with Crippen molar-refractivity contribution in [2.24, 2.45) is 5.92 Å². The van der Waals surface area contributed by atoms with E-state index in [1.165, 1.54) is 7.11 Å². The minimum absolute atomic E-state index is 0.0398. The second-order valence-corrected chi connectivity index (χ2v) is 13.4. The Morgan fingerprint density at radius 3 is 2.04 bits per heavy atom. The van der Waals surface area contributed by atoms with E-state index in [1.54, 1.807) is 26.8 Å². The van der Waals surface area contributed by atoms with E-state index in [9.17, 15) is 9.59 Å². The highest BCUT2D eigenvalue weighted by Crippen LogP contribution is 2.37. The number of ether oxygens (including phenoxy) is 2. The molecule has 6 nitrogen and oxygen atoms in total. The molecule has 0 aliphatic heterocycles. The third-order valence-electron chi connectivity index (χ3n) is 4.30. The van der Waals surface area contributed by atoms with Gasteiger partial charge in [-0.2, -0.15) is 0 Å². The fraction of sp³-hybridized carbons (Fsp3) is 0.778. The Bertz CT molecular complexity index is 477. The Labute approximate surface area is 153 Å². The quantitative estimate of drug-likeness (QED) is 0.416. The Balaban J connectivity index is 5.18. The summed E-state index contributed by atoms with van der Waals surface area (Å²) in [4.78, 5) is 24.2. The van der Waals surface area contributed by atoms with E-state index in [-0.39, 0.29) is 11.6 Å². The van der Waals surface area contributed by atoms with Gasteiger partial charge in [-0.05, 0) is 38.9 Å². The summed E-state index contributed by atoms with van der Waals surface area (Å²) in [6.45, 7) is 20.0. The molecule has 0 saturated heterocycles. The topological polar surface area (TPSA) is 73.9 Å². The van der Waals surface area contributed by atoms with Gasteiger partial charge in [0, 0.05) is 12.5 Å². The fourth-order valence-electron chi connectivity index (χ4n) is 1.72. The maximum Gasteiger partial charge on any atom is 0.408 e. The third kappa shape index (κ3) is 8.05. The van der Waals surface area contributed by atoms with Gasteiger partial charge in [0.2, 0.25) is 0 Å². The molecule has 7 heteroatoms. The molecule has 0 aliphatic carbocycles. The summed E-state index contributed by atoms with van der Waals surface area (Å²) in [5.41, 5.74) is -0.661. The number of hydrogen-bond donors (Lipinski definition) is 1. The predicted octanol–water partition coefficient (Wildman–Crippen LogP) is 3.88. The van der Waals surface area contributed by atoms with Crippen LogP contribution in [0.1, 0.15) is 41.5 Å². The van der Waals surface area contributed by atoms with Crippen LogP contribution in [0.2, 0.25) is 18.1 Å². The lowest BCUT2D eigenvalue weighted by Gasteiger charge is -2.37.